The summed E-state index contributed by atoms with van der Waals surface area (Å²) in [6, 6.07) is 11.1. The van der Waals surface area contributed by atoms with Crippen LogP contribution in [0.5, 0.6) is 0 Å². The summed E-state index contributed by atoms with van der Waals surface area (Å²) in [6.07, 6.45) is 3.93. The number of halogens is 1. The van der Waals surface area contributed by atoms with Gasteiger partial charge in [-0.25, -0.2) is 9.69 Å². The van der Waals surface area contributed by atoms with Crippen molar-refractivity contribution in [1.29, 1.82) is 0 Å². The standard InChI is InChI=1S/C19H12ClN3O5/c20-13-8-10-14(11-9-13)22-18(25)15(17(24)21-19(22)26)6-3-5-12-4-1-2-7-16(12)23(27)28/h1-11H,(H,21,24,26)/b5-3+,15-6+. The number of amides is 4. The lowest BCUT2D eigenvalue weighted by atomic mass is 10.1. The number of carbonyl (C=O) groups is 3. The summed E-state index contributed by atoms with van der Waals surface area (Å²) in [5.41, 5.74) is 0.144. The Kier molecular flexibility index (Phi) is 5.32. The van der Waals surface area contributed by atoms with Crippen LogP contribution in [0.25, 0.3) is 6.08 Å². The SMILES string of the molecule is O=C1NC(=O)N(c2ccc(Cl)cc2)C(=O)/C1=C/C=C/c1ccccc1[N+](=O)[O-]. The fourth-order valence-electron chi connectivity index (χ4n) is 2.54. The zero-order valence-corrected chi connectivity index (χ0v) is 14.9. The van der Waals surface area contributed by atoms with Crippen molar-refractivity contribution < 1.29 is 19.3 Å². The molecule has 0 unspecified atom stereocenters. The van der Waals surface area contributed by atoms with E-state index in [2.05, 4.69) is 5.32 Å². The zero-order valence-electron chi connectivity index (χ0n) is 14.2. The minimum atomic E-state index is -0.878. The van der Waals surface area contributed by atoms with Crippen LogP contribution in [-0.2, 0) is 9.59 Å². The Balaban J connectivity index is 1.91. The van der Waals surface area contributed by atoms with Gasteiger partial charge in [0.2, 0.25) is 0 Å². The van der Waals surface area contributed by atoms with Crippen molar-refractivity contribution in [3.8, 4) is 0 Å². The first-order valence-corrected chi connectivity index (χ1v) is 8.33. The minimum Gasteiger partial charge on any atom is -0.273 e. The number of para-hydroxylation sites is 1. The third-order valence-electron chi connectivity index (χ3n) is 3.86. The van der Waals surface area contributed by atoms with Crippen LogP contribution in [0.2, 0.25) is 5.02 Å². The number of benzene rings is 2. The third-order valence-corrected chi connectivity index (χ3v) is 4.11. The highest BCUT2D eigenvalue weighted by atomic mass is 35.5. The van der Waals surface area contributed by atoms with Crippen LogP contribution < -0.4 is 10.2 Å². The van der Waals surface area contributed by atoms with E-state index in [1.165, 1.54) is 60.7 Å². The van der Waals surface area contributed by atoms with Crippen molar-refractivity contribution in [1.82, 2.24) is 5.32 Å². The first-order chi connectivity index (χ1) is 13.4. The van der Waals surface area contributed by atoms with Gasteiger partial charge in [-0.2, -0.15) is 0 Å². The van der Waals surface area contributed by atoms with E-state index in [-0.39, 0.29) is 16.9 Å². The molecular weight excluding hydrogens is 386 g/mol. The quantitative estimate of drug-likeness (QED) is 0.367. The summed E-state index contributed by atoms with van der Waals surface area (Å²) >= 11 is 5.81. The molecule has 3 rings (SSSR count). The lowest BCUT2D eigenvalue weighted by molar-refractivity contribution is -0.385. The van der Waals surface area contributed by atoms with E-state index < -0.39 is 22.8 Å². The van der Waals surface area contributed by atoms with Crippen molar-refractivity contribution >= 4 is 46.9 Å². The molecule has 1 aliphatic heterocycles. The molecule has 0 atom stereocenters. The number of barbiturate groups is 1. The van der Waals surface area contributed by atoms with Gasteiger partial charge in [0.1, 0.15) is 5.57 Å². The van der Waals surface area contributed by atoms with Gasteiger partial charge in [-0.3, -0.25) is 25.0 Å². The Hall–Kier alpha value is -3.78. The fraction of sp³-hybridized carbons (Fsp3) is 0. The molecule has 0 bridgehead atoms. The largest absolute Gasteiger partial charge is 0.335 e. The third kappa shape index (κ3) is 3.81. The summed E-state index contributed by atoms with van der Waals surface area (Å²) in [6.45, 7) is 0. The average Bonchev–Trinajstić information content (AvgIpc) is 2.66. The highest BCUT2D eigenvalue weighted by molar-refractivity contribution is 6.37. The highest BCUT2D eigenvalue weighted by Crippen LogP contribution is 2.23. The van der Waals surface area contributed by atoms with E-state index in [1.54, 1.807) is 6.07 Å². The van der Waals surface area contributed by atoms with Crippen LogP contribution in [0.3, 0.4) is 0 Å². The minimum absolute atomic E-state index is 0.116. The van der Waals surface area contributed by atoms with Crippen molar-refractivity contribution in [2.75, 3.05) is 4.90 Å². The molecule has 0 spiro atoms. The molecule has 1 saturated heterocycles. The molecule has 1 aliphatic rings. The molecule has 0 saturated carbocycles. The summed E-state index contributed by atoms with van der Waals surface area (Å²) in [4.78, 5) is 48.1. The van der Waals surface area contributed by atoms with Crippen LogP contribution in [0.1, 0.15) is 5.56 Å². The molecule has 9 heteroatoms. The van der Waals surface area contributed by atoms with Gasteiger partial charge in [0.15, 0.2) is 0 Å². The molecule has 0 aliphatic carbocycles. The molecule has 1 heterocycles. The van der Waals surface area contributed by atoms with Gasteiger partial charge in [-0.1, -0.05) is 29.8 Å². The van der Waals surface area contributed by atoms with Crippen molar-refractivity contribution in [3.05, 3.63) is 87.0 Å². The summed E-state index contributed by atoms with van der Waals surface area (Å²) in [5, 5.41) is 13.5. The Morgan fingerprint density at radius 1 is 1.04 bits per heavy atom. The number of carbonyl (C=O) groups excluding carboxylic acids is 3. The first-order valence-electron chi connectivity index (χ1n) is 7.95. The summed E-state index contributed by atoms with van der Waals surface area (Å²) in [7, 11) is 0. The molecular formula is C19H12ClN3O5. The van der Waals surface area contributed by atoms with Gasteiger partial charge in [0.05, 0.1) is 16.2 Å². The van der Waals surface area contributed by atoms with Gasteiger partial charge < -0.3 is 0 Å². The Bertz CT molecular complexity index is 1040. The summed E-state index contributed by atoms with van der Waals surface area (Å²) < 4.78 is 0. The second-order valence-corrected chi connectivity index (χ2v) is 6.07. The first kappa shape index (κ1) is 19.0. The van der Waals surface area contributed by atoms with E-state index >= 15 is 0 Å². The van der Waals surface area contributed by atoms with E-state index in [9.17, 15) is 24.5 Å². The second-order valence-electron chi connectivity index (χ2n) is 5.63. The van der Waals surface area contributed by atoms with E-state index in [0.29, 0.717) is 10.6 Å². The maximum absolute atomic E-state index is 12.7. The van der Waals surface area contributed by atoms with Gasteiger partial charge >= 0.3 is 6.03 Å². The predicted octanol–water partition coefficient (Wildman–Crippen LogP) is 3.47. The van der Waals surface area contributed by atoms with Crippen LogP contribution in [0, 0.1) is 10.1 Å². The number of allylic oxidation sites excluding steroid dienone is 2. The Morgan fingerprint density at radius 3 is 2.39 bits per heavy atom. The molecule has 140 valence electrons. The normalized spacial score (nSPS) is 16.0. The van der Waals surface area contributed by atoms with Crippen LogP contribution >= 0.6 is 11.6 Å². The highest BCUT2D eigenvalue weighted by Gasteiger charge is 2.36. The van der Waals surface area contributed by atoms with E-state index in [1.807, 2.05) is 0 Å². The van der Waals surface area contributed by atoms with Crippen LogP contribution in [0.15, 0.2) is 66.3 Å². The topological polar surface area (TPSA) is 110 Å². The average molecular weight is 398 g/mol. The number of imide groups is 2. The fourth-order valence-corrected chi connectivity index (χ4v) is 2.67. The molecule has 28 heavy (non-hydrogen) atoms. The molecule has 1 fully saturated rings. The maximum atomic E-state index is 12.7. The monoisotopic (exact) mass is 397 g/mol. The number of nitrogens with one attached hydrogen (secondary N) is 1. The predicted molar refractivity (Wildman–Crippen MR) is 103 cm³/mol. The van der Waals surface area contributed by atoms with Crippen molar-refractivity contribution in [2.45, 2.75) is 0 Å². The summed E-state index contributed by atoms with van der Waals surface area (Å²) in [5.74, 6) is -1.67. The molecule has 8 nitrogen and oxygen atoms in total. The lowest BCUT2D eigenvalue weighted by Gasteiger charge is -2.26. The molecule has 2 aromatic rings. The number of urea groups is 1. The number of hydrogen-bond donors (Lipinski definition) is 1. The Labute approximate surface area is 163 Å². The molecule has 4 amide bonds. The number of nitro groups is 1. The van der Waals surface area contributed by atoms with Crippen LogP contribution in [-0.4, -0.2) is 22.8 Å². The molecule has 2 aromatic carbocycles. The molecule has 1 N–H and O–H groups in total. The van der Waals surface area contributed by atoms with Gasteiger partial charge in [-0.15, -0.1) is 0 Å². The Morgan fingerprint density at radius 2 is 1.71 bits per heavy atom. The van der Waals surface area contributed by atoms with Crippen molar-refractivity contribution in [2.24, 2.45) is 0 Å². The van der Waals surface area contributed by atoms with Crippen molar-refractivity contribution in [3.63, 3.8) is 0 Å². The number of anilines is 1. The lowest BCUT2D eigenvalue weighted by Crippen LogP contribution is -2.54. The number of nitrogens with zero attached hydrogens (tertiary/aromatic N) is 2. The number of nitro benzene ring substituents is 1. The van der Waals surface area contributed by atoms with Gasteiger partial charge in [0.25, 0.3) is 17.5 Å². The van der Waals surface area contributed by atoms with Gasteiger partial charge in [0, 0.05) is 11.1 Å². The second kappa shape index (κ2) is 7.85. The molecule has 0 aromatic heterocycles. The smallest absolute Gasteiger partial charge is 0.273 e. The number of rotatable bonds is 4. The van der Waals surface area contributed by atoms with E-state index in [4.69, 9.17) is 11.6 Å². The number of hydrogen-bond acceptors (Lipinski definition) is 5. The van der Waals surface area contributed by atoms with Crippen LogP contribution in [0.4, 0.5) is 16.2 Å². The zero-order chi connectivity index (χ0) is 20.3. The van der Waals surface area contributed by atoms with E-state index in [0.717, 1.165) is 4.90 Å². The maximum Gasteiger partial charge on any atom is 0.335 e. The molecule has 0 radical (unpaired) electrons. The van der Waals surface area contributed by atoms with Gasteiger partial charge in [-0.05, 0) is 42.5 Å².